The second-order valence-corrected chi connectivity index (χ2v) is 5.01. The molecule has 1 aromatic heterocycles. The second-order valence-electron chi connectivity index (χ2n) is 5.01. The predicted molar refractivity (Wildman–Crippen MR) is 60.3 cm³/mol. The first kappa shape index (κ1) is 10.2. The highest BCUT2D eigenvalue weighted by molar-refractivity contribution is 5.32. The van der Waals surface area contributed by atoms with E-state index in [0.717, 1.165) is 31.4 Å². The summed E-state index contributed by atoms with van der Waals surface area (Å²) in [7, 11) is 1.71. The first-order valence-electron chi connectivity index (χ1n) is 5.92. The van der Waals surface area contributed by atoms with Crippen molar-refractivity contribution in [3.63, 3.8) is 0 Å². The van der Waals surface area contributed by atoms with Crippen molar-refractivity contribution in [1.29, 1.82) is 0 Å². The van der Waals surface area contributed by atoms with Crippen LogP contribution in [-0.2, 0) is 11.2 Å². The summed E-state index contributed by atoms with van der Waals surface area (Å²) in [4.78, 5) is 4.44. The zero-order chi connectivity index (χ0) is 11.2. The van der Waals surface area contributed by atoms with E-state index in [-0.39, 0.29) is 12.0 Å². The van der Waals surface area contributed by atoms with Gasteiger partial charge in [-0.05, 0) is 24.5 Å². The molecule has 0 saturated heterocycles. The number of nitrogens with zero attached hydrogens (tertiary/aromatic N) is 1. The topological polar surface area (TPSA) is 42.4 Å². The van der Waals surface area contributed by atoms with E-state index in [0.29, 0.717) is 0 Å². The number of aromatic nitrogens is 1. The maximum Gasteiger partial charge on any atom is 0.0780 e. The third-order valence-electron chi connectivity index (χ3n) is 4.10. The lowest BCUT2D eigenvalue weighted by molar-refractivity contribution is -0.142. The first-order valence-corrected chi connectivity index (χ1v) is 5.92. The molecule has 0 spiro atoms. The SMILES string of the molecule is COC1CC(O)(C2CCc3cccnc32)C1. The molecule has 86 valence electrons. The Balaban J connectivity index is 1.83. The van der Waals surface area contributed by atoms with Crippen LogP contribution in [0.5, 0.6) is 0 Å². The quantitative estimate of drug-likeness (QED) is 0.822. The Hall–Kier alpha value is -0.930. The Morgan fingerprint density at radius 1 is 1.50 bits per heavy atom. The summed E-state index contributed by atoms with van der Waals surface area (Å²) in [6.07, 6.45) is 5.65. The minimum absolute atomic E-state index is 0.218. The maximum atomic E-state index is 10.5. The van der Waals surface area contributed by atoms with E-state index in [2.05, 4.69) is 11.1 Å². The van der Waals surface area contributed by atoms with Gasteiger partial charge in [0.15, 0.2) is 0 Å². The number of fused-ring (bicyclic) bond motifs is 1. The number of pyridine rings is 1. The van der Waals surface area contributed by atoms with Crippen molar-refractivity contribution in [1.82, 2.24) is 4.98 Å². The van der Waals surface area contributed by atoms with E-state index >= 15 is 0 Å². The number of ether oxygens (including phenoxy) is 1. The van der Waals surface area contributed by atoms with Crippen LogP contribution in [0.2, 0.25) is 0 Å². The van der Waals surface area contributed by atoms with Gasteiger partial charge in [-0.25, -0.2) is 0 Å². The molecule has 2 aliphatic rings. The van der Waals surface area contributed by atoms with Gasteiger partial charge in [0.05, 0.1) is 11.7 Å². The standard InChI is InChI=1S/C13H17NO2/c1-16-10-7-13(15,8-10)11-5-4-9-3-2-6-14-12(9)11/h2-3,6,10-11,15H,4-5,7-8H2,1H3. The van der Waals surface area contributed by atoms with Crippen LogP contribution in [0.15, 0.2) is 18.3 Å². The van der Waals surface area contributed by atoms with Gasteiger partial charge < -0.3 is 9.84 Å². The largest absolute Gasteiger partial charge is 0.389 e. The maximum absolute atomic E-state index is 10.5. The van der Waals surface area contributed by atoms with Gasteiger partial charge in [-0.15, -0.1) is 0 Å². The lowest BCUT2D eigenvalue weighted by atomic mass is 9.68. The molecule has 0 radical (unpaired) electrons. The van der Waals surface area contributed by atoms with Crippen LogP contribution < -0.4 is 0 Å². The van der Waals surface area contributed by atoms with Crippen LogP contribution in [0.3, 0.4) is 0 Å². The van der Waals surface area contributed by atoms with E-state index in [1.165, 1.54) is 5.56 Å². The molecule has 3 rings (SSSR count). The number of rotatable bonds is 2. The van der Waals surface area contributed by atoms with Gasteiger partial charge in [0.2, 0.25) is 0 Å². The highest BCUT2D eigenvalue weighted by Crippen LogP contribution is 2.49. The zero-order valence-corrected chi connectivity index (χ0v) is 9.52. The Bertz CT molecular complexity index is 399. The molecule has 0 aliphatic heterocycles. The third-order valence-corrected chi connectivity index (χ3v) is 4.10. The van der Waals surface area contributed by atoms with E-state index < -0.39 is 5.60 Å². The lowest BCUT2D eigenvalue weighted by Crippen LogP contribution is -2.51. The van der Waals surface area contributed by atoms with E-state index in [9.17, 15) is 5.11 Å². The number of aryl methyl sites for hydroxylation is 1. The number of aliphatic hydroxyl groups is 1. The van der Waals surface area contributed by atoms with Crippen molar-refractivity contribution >= 4 is 0 Å². The molecule has 16 heavy (non-hydrogen) atoms. The fourth-order valence-electron chi connectivity index (χ4n) is 3.12. The number of hydrogen-bond donors (Lipinski definition) is 1. The molecule has 1 atom stereocenters. The van der Waals surface area contributed by atoms with Crippen LogP contribution >= 0.6 is 0 Å². The molecule has 1 N–H and O–H groups in total. The summed E-state index contributed by atoms with van der Waals surface area (Å²) in [5.41, 5.74) is 1.85. The summed E-state index contributed by atoms with van der Waals surface area (Å²) in [6, 6.07) is 4.10. The van der Waals surface area contributed by atoms with Crippen LogP contribution in [0.25, 0.3) is 0 Å². The molecule has 1 aromatic rings. The minimum atomic E-state index is -0.569. The average molecular weight is 219 g/mol. The van der Waals surface area contributed by atoms with Crippen molar-refractivity contribution < 1.29 is 9.84 Å². The van der Waals surface area contributed by atoms with Gasteiger partial charge in [-0.3, -0.25) is 4.98 Å². The molecule has 1 fully saturated rings. The monoisotopic (exact) mass is 219 g/mol. The number of hydrogen-bond acceptors (Lipinski definition) is 3. The molecule has 3 nitrogen and oxygen atoms in total. The summed E-state index contributed by atoms with van der Waals surface area (Å²) < 4.78 is 5.25. The van der Waals surface area contributed by atoms with Gasteiger partial charge in [-0.2, -0.15) is 0 Å². The number of methoxy groups -OCH3 is 1. The molecule has 3 heteroatoms. The molecular weight excluding hydrogens is 202 g/mol. The molecule has 1 unspecified atom stereocenters. The molecule has 1 saturated carbocycles. The van der Waals surface area contributed by atoms with Crippen LogP contribution in [0.1, 0.15) is 36.4 Å². The predicted octanol–water partition coefficient (Wildman–Crippen LogP) is 1.65. The van der Waals surface area contributed by atoms with E-state index in [4.69, 9.17) is 4.74 Å². The fourth-order valence-corrected chi connectivity index (χ4v) is 3.12. The second kappa shape index (κ2) is 3.54. The Kier molecular flexibility index (Phi) is 2.26. The first-order chi connectivity index (χ1) is 7.73. The summed E-state index contributed by atoms with van der Waals surface area (Å²) in [6.45, 7) is 0. The van der Waals surface area contributed by atoms with Gasteiger partial charge in [0.1, 0.15) is 0 Å². The lowest BCUT2D eigenvalue weighted by Gasteiger charge is -2.46. The normalized spacial score (nSPS) is 36.9. The molecular formula is C13H17NO2. The third kappa shape index (κ3) is 1.39. The molecule has 0 amide bonds. The summed E-state index contributed by atoms with van der Waals surface area (Å²) in [5.74, 6) is 0.218. The molecule has 0 bridgehead atoms. The fraction of sp³-hybridized carbons (Fsp3) is 0.615. The summed E-state index contributed by atoms with van der Waals surface area (Å²) in [5, 5.41) is 10.5. The van der Waals surface area contributed by atoms with Crippen molar-refractivity contribution in [3.8, 4) is 0 Å². The van der Waals surface area contributed by atoms with Gasteiger partial charge in [0.25, 0.3) is 0 Å². The Morgan fingerprint density at radius 2 is 2.31 bits per heavy atom. The van der Waals surface area contributed by atoms with E-state index in [1.807, 2.05) is 12.3 Å². The van der Waals surface area contributed by atoms with Crippen LogP contribution in [-0.4, -0.2) is 28.9 Å². The smallest absolute Gasteiger partial charge is 0.0780 e. The van der Waals surface area contributed by atoms with Gasteiger partial charge >= 0.3 is 0 Å². The Labute approximate surface area is 95.5 Å². The van der Waals surface area contributed by atoms with Crippen molar-refractivity contribution in [3.05, 3.63) is 29.6 Å². The average Bonchev–Trinajstić information content (AvgIpc) is 2.69. The minimum Gasteiger partial charge on any atom is -0.389 e. The van der Waals surface area contributed by atoms with Crippen molar-refractivity contribution in [2.24, 2.45) is 0 Å². The highest BCUT2D eigenvalue weighted by Gasteiger charge is 2.51. The van der Waals surface area contributed by atoms with Crippen molar-refractivity contribution in [2.45, 2.75) is 43.3 Å². The Morgan fingerprint density at radius 3 is 3.06 bits per heavy atom. The summed E-state index contributed by atoms with van der Waals surface area (Å²) >= 11 is 0. The zero-order valence-electron chi connectivity index (χ0n) is 9.52. The molecule has 1 heterocycles. The van der Waals surface area contributed by atoms with Crippen LogP contribution in [0, 0.1) is 0 Å². The van der Waals surface area contributed by atoms with Gasteiger partial charge in [0, 0.05) is 37.8 Å². The van der Waals surface area contributed by atoms with Crippen LogP contribution in [0.4, 0.5) is 0 Å². The van der Waals surface area contributed by atoms with E-state index in [1.54, 1.807) is 7.11 Å². The molecule has 2 aliphatic carbocycles. The molecule has 0 aromatic carbocycles. The van der Waals surface area contributed by atoms with Crippen molar-refractivity contribution in [2.75, 3.05) is 7.11 Å². The van der Waals surface area contributed by atoms with Gasteiger partial charge in [-0.1, -0.05) is 6.07 Å². The highest BCUT2D eigenvalue weighted by atomic mass is 16.5.